The Balaban J connectivity index is 2.71. The summed E-state index contributed by atoms with van der Waals surface area (Å²) in [5.41, 5.74) is -1.57. The second kappa shape index (κ2) is 5.55. The zero-order valence-corrected chi connectivity index (χ0v) is 12.9. The molecule has 0 aliphatic heterocycles. The maximum atomic E-state index is 11.2. The summed E-state index contributed by atoms with van der Waals surface area (Å²) in [5, 5.41) is 30.2. The minimum Gasteiger partial charge on any atom is -0.422 e. The van der Waals surface area contributed by atoms with Gasteiger partial charge in [0.05, 0.1) is 0 Å². The minimum absolute atomic E-state index is 0.433. The largest absolute Gasteiger partial charge is 0.422 e. The molecule has 1 aliphatic carbocycles. The average Bonchev–Trinajstić information content (AvgIpc) is 2.34. The standard InChI is InChI=1S/C9H10O13S2/c10-5-2-1-4-3-8(12,21-23(14,15)16)7(11)9(13,6(4)20-5)22-24(17,18)19/h1-2,7,11-13H,3H2,(H,14,15,16)(H,17,18,19). The molecule has 0 radical (unpaired) electrons. The van der Waals surface area contributed by atoms with Gasteiger partial charge in [0.2, 0.25) is 5.79 Å². The summed E-state index contributed by atoms with van der Waals surface area (Å²) >= 11 is 0. The monoisotopic (exact) mass is 390 g/mol. The molecule has 2 rings (SSSR count). The van der Waals surface area contributed by atoms with Crippen LogP contribution >= 0.6 is 0 Å². The Morgan fingerprint density at radius 1 is 1.08 bits per heavy atom. The average molecular weight is 390 g/mol. The van der Waals surface area contributed by atoms with Crippen LogP contribution < -0.4 is 5.63 Å². The third-order valence-electron chi connectivity index (χ3n) is 2.96. The molecule has 5 N–H and O–H groups in total. The van der Waals surface area contributed by atoms with Gasteiger partial charge in [-0.15, -0.1) is 0 Å². The fraction of sp³-hybridized carbons (Fsp3) is 0.444. The van der Waals surface area contributed by atoms with Gasteiger partial charge >= 0.3 is 26.4 Å². The van der Waals surface area contributed by atoms with Crippen molar-refractivity contribution in [2.45, 2.75) is 24.1 Å². The maximum Gasteiger partial charge on any atom is 0.400 e. The van der Waals surface area contributed by atoms with E-state index in [1.165, 1.54) is 0 Å². The van der Waals surface area contributed by atoms with Gasteiger partial charge in [0.1, 0.15) is 0 Å². The van der Waals surface area contributed by atoms with Crippen molar-refractivity contribution in [1.29, 1.82) is 0 Å². The Hall–Kier alpha value is -1.43. The summed E-state index contributed by atoms with van der Waals surface area (Å²) < 4.78 is 73.0. The van der Waals surface area contributed by atoms with Crippen molar-refractivity contribution in [2.24, 2.45) is 0 Å². The van der Waals surface area contributed by atoms with Crippen LogP contribution in [0.25, 0.3) is 0 Å². The molecule has 0 bridgehead atoms. The minimum atomic E-state index is -5.52. The van der Waals surface area contributed by atoms with Crippen molar-refractivity contribution in [3.05, 3.63) is 33.9 Å². The Labute approximate surface area is 133 Å². The number of hydrogen-bond acceptors (Lipinski definition) is 11. The lowest BCUT2D eigenvalue weighted by molar-refractivity contribution is -0.325. The van der Waals surface area contributed by atoms with Crippen LogP contribution in [0.1, 0.15) is 11.3 Å². The molecule has 136 valence electrons. The Morgan fingerprint density at radius 2 is 1.62 bits per heavy atom. The quantitative estimate of drug-likeness (QED) is 0.256. The lowest BCUT2D eigenvalue weighted by atomic mass is 9.84. The summed E-state index contributed by atoms with van der Waals surface area (Å²) in [6.45, 7) is 0. The number of fused-ring (bicyclic) bond motifs is 1. The molecule has 15 heteroatoms. The first-order chi connectivity index (χ1) is 10.7. The van der Waals surface area contributed by atoms with Gasteiger partial charge in [-0.1, -0.05) is 0 Å². The van der Waals surface area contributed by atoms with Gasteiger partial charge in [-0.05, 0) is 6.07 Å². The molecule has 1 aromatic heterocycles. The highest BCUT2D eigenvalue weighted by molar-refractivity contribution is 7.81. The molecule has 0 fully saturated rings. The molecule has 1 heterocycles. The lowest BCUT2D eigenvalue weighted by Gasteiger charge is -2.42. The van der Waals surface area contributed by atoms with Gasteiger partial charge < -0.3 is 19.7 Å². The summed E-state index contributed by atoms with van der Waals surface area (Å²) in [6, 6.07) is 1.61. The van der Waals surface area contributed by atoms with Gasteiger partial charge in [0.15, 0.2) is 11.9 Å². The van der Waals surface area contributed by atoms with Crippen molar-refractivity contribution < 1.29 is 54.0 Å². The van der Waals surface area contributed by atoms with Gasteiger partial charge in [0.25, 0.3) is 5.79 Å². The van der Waals surface area contributed by atoms with Gasteiger partial charge in [0, 0.05) is 18.1 Å². The van der Waals surface area contributed by atoms with E-state index >= 15 is 0 Å². The summed E-state index contributed by atoms with van der Waals surface area (Å²) in [6.07, 6.45) is -3.95. The Kier molecular flexibility index (Phi) is 4.37. The number of hydrogen-bond donors (Lipinski definition) is 5. The number of aliphatic hydroxyl groups excluding tert-OH is 1. The Morgan fingerprint density at radius 3 is 2.12 bits per heavy atom. The number of rotatable bonds is 4. The predicted octanol–water partition coefficient (Wildman–Crippen LogP) is -2.97. The first kappa shape index (κ1) is 18.9. The molecule has 1 aliphatic rings. The fourth-order valence-electron chi connectivity index (χ4n) is 2.19. The zero-order valence-electron chi connectivity index (χ0n) is 11.3. The second-order valence-electron chi connectivity index (χ2n) is 4.75. The van der Waals surface area contributed by atoms with E-state index in [0.717, 1.165) is 12.1 Å². The Bertz CT molecular complexity index is 915. The lowest BCUT2D eigenvalue weighted by Crippen LogP contribution is -2.63. The molecule has 0 saturated carbocycles. The molecule has 1 aromatic rings. The first-order valence-corrected chi connectivity index (χ1v) is 8.52. The summed E-state index contributed by atoms with van der Waals surface area (Å²) in [5.74, 6) is -8.02. The second-order valence-corrected chi connectivity index (χ2v) is 6.80. The highest BCUT2D eigenvalue weighted by Gasteiger charge is 2.62. The molecule has 3 atom stereocenters. The van der Waals surface area contributed by atoms with Crippen molar-refractivity contribution in [3.8, 4) is 0 Å². The highest BCUT2D eigenvalue weighted by atomic mass is 32.3. The topological polar surface area (TPSA) is 218 Å². The molecule has 24 heavy (non-hydrogen) atoms. The molecule has 0 saturated heterocycles. The van der Waals surface area contributed by atoms with Crippen LogP contribution in [0.15, 0.2) is 21.3 Å². The maximum absolute atomic E-state index is 11.2. The van der Waals surface area contributed by atoms with E-state index in [4.69, 9.17) is 9.11 Å². The van der Waals surface area contributed by atoms with Crippen molar-refractivity contribution in [1.82, 2.24) is 0 Å². The molecule has 3 unspecified atom stereocenters. The van der Waals surface area contributed by atoms with E-state index in [1.54, 1.807) is 0 Å². The SMILES string of the molecule is O=c1ccc2c(o1)C(O)(OS(=O)(=O)O)C(O)C(O)(OS(=O)(=O)O)C2. The molecular weight excluding hydrogens is 380 g/mol. The molecular formula is C9H10O13S2. The zero-order chi connectivity index (χ0) is 18.6. The first-order valence-electron chi connectivity index (χ1n) is 5.79. The van der Waals surface area contributed by atoms with E-state index < -0.39 is 61.8 Å². The third-order valence-corrected chi connectivity index (χ3v) is 3.93. The number of aliphatic hydroxyl groups is 3. The van der Waals surface area contributed by atoms with Crippen LogP contribution in [-0.4, -0.2) is 53.2 Å². The van der Waals surface area contributed by atoms with Crippen molar-refractivity contribution in [2.75, 3.05) is 0 Å². The van der Waals surface area contributed by atoms with E-state index in [1.807, 2.05) is 0 Å². The normalized spacial score (nSPS) is 30.8. The summed E-state index contributed by atoms with van der Waals surface area (Å²) in [7, 11) is -10.9. The van der Waals surface area contributed by atoms with Crippen LogP contribution in [0.4, 0.5) is 0 Å². The van der Waals surface area contributed by atoms with E-state index in [-0.39, 0.29) is 0 Å². The van der Waals surface area contributed by atoms with E-state index in [9.17, 15) is 36.9 Å². The molecule has 0 aromatic carbocycles. The fourth-order valence-corrected chi connectivity index (χ4v) is 3.19. The third kappa shape index (κ3) is 3.63. The molecule has 0 spiro atoms. The van der Waals surface area contributed by atoms with Crippen LogP contribution in [0.3, 0.4) is 0 Å². The van der Waals surface area contributed by atoms with Crippen LogP contribution in [-0.2, 0) is 41.4 Å². The van der Waals surface area contributed by atoms with Crippen LogP contribution in [0.2, 0.25) is 0 Å². The van der Waals surface area contributed by atoms with Crippen LogP contribution in [0, 0.1) is 0 Å². The summed E-state index contributed by atoms with van der Waals surface area (Å²) in [4.78, 5) is 11.2. The molecule has 13 nitrogen and oxygen atoms in total. The van der Waals surface area contributed by atoms with Gasteiger partial charge in [-0.25, -0.2) is 13.2 Å². The molecule has 0 amide bonds. The van der Waals surface area contributed by atoms with E-state index in [0.29, 0.717) is 0 Å². The van der Waals surface area contributed by atoms with E-state index in [2.05, 4.69) is 12.8 Å². The van der Waals surface area contributed by atoms with Crippen molar-refractivity contribution in [3.63, 3.8) is 0 Å². The smallest absolute Gasteiger partial charge is 0.400 e. The predicted molar refractivity (Wildman–Crippen MR) is 68.8 cm³/mol. The highest BCUT2D eigenvalue weighted by Crippen LogP contribution is 2.42. The van der Waals surface area contributed by atoms with Gasteiger partial charge in [-0.3, -0.25) is 9.11 Å². The van der Waals surface area contributed by atoms with Gasteiger partial charge in [-0.2, -0.15) is 16.8 Å². The van der Waals surface area contributed by atoms with Crippen LogP contribution in [0.5, 0.6) is 0 Å². The van der Waals surface area contributed by atoms with Crippen molar-refractivity contribution >= 4 is 20.8 Å².